The molecule has 156 valence electrons. The van der Waals surface area contributed by atoms with Gasteiger partial charge in [-0.1, -0.05) is 65.0 Å². The van der Waals surface area contributed by atoms with Crippen LogP contribution in [0.15, 0.2) is 83.2 Å². The van der Waals surface area contributed by atoms with Gasteiger partial charge >= 0.3 is 0 Å². The highest BCUT2D eigenvalue weighted by molar-refractivity contribution is 8.01. The first-order chi connectivity index (χ1) is 15.2. The molecule has 6 nitrogen and oxygen atoms in total. The van der Waals surface area contributed by atoms with Crippen molar-refractivity contribution in [3.05, 3.63) is 83.9 Å². The van der Waals surface area contributed by atoms with Gasteiger partial charge in [0.25, 0.3) is 0 Å². The Bertz CT molecular complexity index is 1150. The predicted octanol–water partition coefficient (Wildman–Crippen LogP) is 6.46. The van der Waals surface area contributed by atoms with Crippen LogP contribution in [-0.4, -0.2) is 21.9 Å². The molecule has 0 unspecified atom stereocenters. The summed E-state index contributed by atoms with van der Waals surface area (Å²) in [5, 5.41) is 15.4. The van der Waals surface area contributed by atoms with Gasteiger partial charge in [-0.25, -0.2) is 0 Å². The molecule has 0 aliphatic rings. The Morgan fingerprint density at radius 3 is 2.42 bits per heavy atom. The number of amides is 1. The highest BCUT2D eigenvalue weighted by atomic mass is 35.5. The van der Waals surface area contributed by atoms with E-state index in [0.29, 0.717) is 20.2 Å². The molecule has 9 heteroatoms. The van der Waals surface area contributed by atoms with Gasteiger partial charge in [-0.3, -0.25) is 4.79 Å². The molecular weight excluding hydrogens is 452 g/mol. The fraction of sp³-hybridized carbons (Fsp3) is 0.0455. The fourth-order valence-electron chi connectivity index (χ4n) is 2.55. The van der Waals surface area contributed by atoms with Crippen LogP contribution in [0.25, 0.3) is 0 Å². The van der Waals surface area contributed by atoms with Crippen molar-refractivity contribution in [1.82, 2.24) is 10.2 Å². The first-order valence-electron chi connectivity index (χ1n) is 9.26. The van der Waals surface area contributed by atoms with Crippen molar-refractivity contribution in [2.45, 2.75) is 4.34 Å². The number of rotatable bonds is 8. The molecule has 0 bridgehead atoms. The lowest BCUT2D eigenvalue weighted by Gasteiger charge is -2.07. The standard InChI is InChI=1S/C22H17ClN4O2S2/c23-18-8-4-5-9-19(18)25-20(28)14-30-22-27-26-21(31-22)24-15-10-12-17(13-11-15)29-16-6-2-1-3-7-16/h1-13H,14H2,(H,24,26)(H,25,28). The molecule has 0 fully saturated rings. The van der Waals surface area contributed by atoms with E-state index in [9.17, 15) is 4.79 Å². The molecule has 4 aromatic rings. The summed E-state index contributed by atoms with van der Waals surface area (Å²) in [6.45, 7) is 0. The summed E-state index contributed by atoms with van der Waals surface area (Å²) >= 11 is 8.75. The predicted molar refractivity (Wildman–Crippen MR) is 127 cm³/mol. The van der Waals surface area contributed by atoms with E-state index in [-0.39, 0.29) is 11.7 Å². The van der Waals surface area contributed by atoms with E-state index >= 15 is 0 Å². The molecule has 0 atom stereocenters. The largest absolute Gasteiger partial charge is 0.457 e. The zero-order valence-electron chi connectivity index (χ0n) is 16.1. The van der Waals surface area contributed by atoms with Gasteiger partial charge in [-0.05, 0) is 48.5 Å². The number of para-hydroxylation sites is 2. The van der Waals surface area contributed by atoms with Gasteiger partial charge in [-0.15, -0.1) is 10.2 Å². The summed E-state index contributed by atoms with van der Waals surface area (Å²) in [5.74, 6) is 1.59. The number of carbonyl (C=O) groups excluding carboxylic acids is 1. The Morgan fingerprint density at radius 1 is 0.935 bits per heavy atom. The number of nitrogens with one attached hydrogen (secondary N) is 2. The van der Waals surface area contributed by atoms with Crippen molar-refractivity contribution >= 4 is 57.1 Å². The van der Waals surface area contributed by atoms with E-state index in [2.05, 4.69) is 20.8 Å². The molecule has 1 aromatic heterocycles. The summed E-state index contributed by atoms with van der Waals surface area (Å²) in [5.41, 5.74) is 1.46. The lowest BCUT2D eigenvalue weighted by Crippen LogP contribution is -2.14. The Kier molecular flexibility index (Phi) is 7.03. The number of halogens is 1. The molecule has 0 spiro atoms. The number of ether oxygens (including phenoxy) is 1. The fourth-order valence-corrected chi connectivity index (χ4v) is 4.30. The average Bonchev–Trinajstić information content (AvgIpc) is 3.23. The summed E-state index contributed by atoms with van der Waals surface area (Å²) in [4.78, 5) is 12.1. The van der Waals surface area contributed by atoms with E-state index in [1.807, 2.05) is 66.7 Å². The second-order valence-corrected chi connectivity index (χ2v) is 8.86. The second-order valence-electron chi connectivity index (χ2n) is 6.25. The van der Waals surface area contributed by atoms with E-state index in [1.165, 1.54) is 23.1 Å². The van der Waals surface area contributed by atoms with E-state index in [0.717, 1.165) is 17.2 Å². The molecule has 4 rings (SSSR count). The van der Waals surface area contributed by atoms with Crippen molar-refractivity contribution in [2.24, 2.45) is 0 Å². The van der Waals surface area contributed by atoms with Crippen molar-refractivity contribution in [1.29, 1.82) is 0 Å². The van der Waals surface area contributed by atoms with Crippen LogP contribution >= 0.6 is 34.7 Å². The topological polar surface area (TPSA) is 76.1 Å². The van der Waals surface area contributed by atoms with Crippen molar-refractivity contribution in [3.8, 4) is 11.5 Å². The number of nitrogens with zero attached hydrogens (tertiary/aromatic N) is 2. The van der Waals surface area contributed by atoms with Gasteiger partial charge in [0.15, 0.2) is 4.34 Å². The zero-order valence-corrected chi connectivity index (χ0v) is 18.5. The summed E-state index contributed by atoms with van der Waals surface area (Å²) in [6, 6.07) is 24.3. The Labute approximate surface area is 192 Å². The molecule has 1 heterocycles. The zero-order chi connectivity index (χ0) is 21.5. The molecule has 0 aliphatic heterocycles. The summed E-state index contributed by atoms with van der Waals surface area (Å²) < 4.78 is 6.48. The Hall–Kier alpha value is -3.07. The Balaban J connectivity index is 1.28. The third-order valence-corrected chi connectivity index (χ3v) is 6.27. The molecule has 1 amide bonds. The molecule has 2 N–H and O–H groups in total. The van der Waals surface area contributed by atoms with Crippen LogP contribution in [0.5, 0.6) is 11.5 Å². The average molecular weight is 469 g/mol. The van der Waals surface area contributed by atoms with Crippen LogP contribution in [0.3, 0.4) is 0 Å². The van der Waals surface area contributed by atoms with Gasteiger partial charge < -0.3 is 15.4 Å². The molecule has 31 heavy (non-hydrogen) atoms. The maximum atomic E-state index is 12.1. The smallest absolute Gasteiger partial charge is 0.234 e. The van der Waals surface area contributed by atoms with Gasteiger partial charge in [0.2, 0.25) is 11.0 Å². The lowest BCUT2D eigenvalue weighted by atomic mass is 10.3. The van der Waals surface area contributed by atoms with Crippen molar-refractivity contribution < 1.29 is 9.53 Å². The van der Waals surface area contributed by atoms with E-state index in [1.54, 1.807) is 12.1 Å². The number of anilines is 3. The third-order valence-electron chi connectivity index (χ3n) is 3.97. The van der Waals surface area contributed by atoms with Gasteiger partial charge in [0.05, 0.1) is 16.5 Å². The number of benzene rings is 3. The van der Waals surface area contributed by atoms with Gasteiger partial charge in [0, 0.05) is 5.69 Å². The molecule has 0 saturated heterocycles. The number of aromatic nitrogens is 2. The normalized spacial score (nSPS) is 10.5. The van der Waals surface area contributed by atoms with E-state index in [4.69, 9.17) is 16.3 Å². The van der Waals surface area contributed by atoms with Crippen LogP contribution in [0.2, 0.25) is 5.02 Å². The van der Waals surface area contributed by atoms with Crippen molar-refractivity contribution in [2.75, 3.05) is 16.4 Å². The number of hydrogen-bond donors (Lipinski definition) is 2. The van der Waals surface area contributed by atoms with Crippen LogP contribution < -0.4 is 15.4 Å². The number of hydrogen-bond acceptors (Lipinski definition) is 7. The van der Waals surface area contributed by atoms with Crippen LogP contribution in [0, 0.1) is 0 Å². The Morgan fingerprint density at radius 2 is 1.65 bits per heavy atom. The molecular formula is C22H17ClN4O2S2. The minimum atomic E-state index is -0.156. The van der Waals surface area contributed by atoms with Gasteiger partial charge in [-0.2, -0.15) is 0 Å². The summed E-state index contributed by atoms with van der Waals surface area (Å²) in [6.07, 6.45) is 0. The third kappa shape index (κ3) is 6.21. The quantitative estimate of drug-likeness (QED) is 0.289. The van der Waals surface area contributed by atoms with Crippen LogP contribution in [-0.2, 0) is 4.79 Å². The van der Waals surface area contributed by atoms with Crippen LogP contribution in [0.1, 0.15) is 0 Å². The van der Waals surface area contributed by atoms with Crippen molar-refractivity contribution in [3.63, 3.8) is 0 Å². The monoisotopic (exact) mass is 468 g/mol. The molecule has 3 aromatic carbocycles. The number of carbonyl (C=O) groups is 1. The molecule has 0 radical (unpaired) electrons. The van der Waals surface area contributed by atoms with E-state index < -0.39 is 0 Å². The SMILES string of the molecule is O=C(CSc1nnc(Nc2ccc(Oc3ccccc3)cc2)s1)Nc1ccccc1Cl. The lowest BCUT2D eigenvalue weighted by molar-refractivity contribution is -0.113. The first kappa shape index (κ1) is 21.2. The highest BCUT2D eigenvalue weighted by Gasteiger charge is 2.10. The molecule has 0 aliphatic carbocycles. The first-order valence-corrected chi connectivity index (χ1v) is 11.4. The second kappa shape index (κ2) is 10.3. The minimum Gasteiger partial charge on any atom is -0.457 e. The summed E-state index contributed by atoms with van der Waals surface area (Å²) in [7, 11) is 0. The minimum absolute atomic E-state index is 0.156. The molecule has 0 saturated carbocycles. The van der Waals surface area contributed by atoms with Gasteiger partial charge in [0.1, 0.15) is 11.5 Å². The van der Waals surface area contributed by atoms with Crippen LogP contribution in [0.4, 0.5) is 16.5 Å². The maximum absolute atomic E-state index is 12.1. The number of thioether (sulfide) groups is 1. The highest BCUT2D eigenvalue weighted by Crippen LogP contribution is 2.29. The maximum Gasteiger partial charge on any atom is 0.234 e.